The molecule has 100 valence electrons. The van der Waals surface area contributed by atoms with Gasteiger partial charge in [-0.05, 0) is 43.5 Å². The molecule has 1 aromatic rings. The van der Waals surface area contributed by atoms with Crippen LogP contribution in [0.3, 0.4) is 0 Å². The molecule has 0 radical (unpaired) electrons. The molecule has 2 N–H and O–H groups in total. The van der Waals surface area contributed by atoms with E-state index in [1.54, 1.807) is 16.4 Å². The van der Waals surface area contributed by atoms with Crippen molar-refractivity contribution in [1.29, 1.82) is 0 Å². The third-order valence-corrected chi connectivity index (χ3v) is 5.27. The molecule has 0 amide bonds. The molecule has 0 heterocycles. The Morgan fingerprint density at radius 3 is 2.33 bits per heavy atom. The van der Waals surface area contributed by atoms with Gasteiger partial charge in [0.25, 0.3) is 0 Å². The van der Waals surface area contributed by atoms with E-state index in [4.69, 9.17) is 5.73 Å². The van der Waals surface area contributed by atoms with Crippen LogP contribution in [0.15, 0.2) is 29.2 Å². The predicted molar refractivity (Wildman–Crippen MR) is 71.8 cm³/mol. The molecule has 0 atom stereocenters. The van der Waals surface area contributed by atoms with E-state index in [9.17, 15) is 8.42 Å². The van der Waals surface area contributed by atoms with Crippen molar-refractivity contribution in [2.24, 2.45) is 5.73 Å². The molecule has 18 heavy (non-hydrogen) atoms. The van der Waals surface area contributed by atoms with E-state index in [1.165, 1.54) is 0 Å². The van der Waals surface area contributed by atoms with E-state index in [1.807, 2.05) is 19.1 Å². The Bertz CT molecular complexity index is 492. The Balaban J connectivity index is 2.23. The van der Waals surface area contributed by atoms with Crippen LogP contribution in [0.25, 0.3) is 0 Å². The van der Waals surface area contributed by atoms with Crippen molar-refractivity contribution in [3.63, 3.8) is 0 Å². The van der Waals surface area contributed by atoms with Gasteiger partial charge in [0.2, 0.25) is 10.0 Å². The van der Waals surface area contributed by atoms with Crippen LogP contribution < -0.4 is 5.73 Å². The first-order valence-corrected chi connectivity index (χ1v) is 7.84. The summed E-state index contributed by atoms with van der Waals surface area (Å²) >= 11 is 0. The highest BCUT2D eigenvalue weighted by Crippen LogP contribution is 2.31. The Kier molecular flexibility index (Phi) is 4.04. The molecule has 0 saturated heterocycles. The standard InChI is InChI=1S/C13H20N2O2S/c1-2-15(12-5-6-12)18(16,17)13-7-3-11(4-8-13)9-10-14/h3-4,7-8,12H,2,5-6,9-10,14H2,1H3. The summed E-state index contributed by atoms with van der Waals surface area (Å²) in [5, 5.41) is 0. The van der Waals surface area contributed by atoms with Gasteiger partial charge in [-0.25, -0.2) is 8.42 Å². The monoisotopic (exact) mass is 268 g/mol. The molecule has 0 bridgehead atoms. The van der Waals surface area contributed by atoms with E-state index < -0.39 is 10.0 Å². The van der Waals surface area contributed by atoms with Gasteiger partial charge in [0.05, 0.1) is 4.90 Å². The lowest BCUT2D eigenvalue weighted by molar-refractivity contribution is 0.421. The van der Waals surface area contributed by atoms with E-state index in [2.05, 4.69) is 0 Å². The van der Waals surface area contributed by atoms with Crippen LogP contribution in [0.1, 0.15) is 25.3 Å². The lowest BCUT2D eigenvalue weighted by Crippen LogP contribution is -2.32. The summed E-state index contributed by atoms with van der Waals surface area (Å²) in [4.78, 5) is 0.386. The second-order valence-electron chi connectivity index (χ2n) is 4.62. The zero-order chi connectivity index (χ0) is 13.2. The first-order valence-electron chi connectivity index (χ1n) is 6.40. The maximum atomic E-state index is 12.4. The number of hydrogen-bond acceptors (Lipinski definition) is 3. The first kappa shape index (κ1) is 13.5. The molecule has 1 aliphatic rings. The van der Waals surface area contributed by atoms with Crippen molar-refractivity contribution in [1.82, 2.24) is 4.31 Å². The highest BCUT2D eigenvalue weighted by Gasteiger charge is 2.36. The third kappa shape index (κ3) is 2.74. The lowest BCUT2D eigenvalue weighted by atomic mass is 10.2. The number of hydrogen-bond donors (Lipinski definition) is 1. The molecule has 1 aliphatic carbocycles. The zero-order valence-electron chi connectivity index (χ0n) is 10.7. The number of nitrogens with zero attached hydrogens (tertiary/aromatic N) is 1. The van der Waals surface area contributed by atoms with E-state index in [-0.39, 0.29) is 6.04 Å². The van der Waals surface area contributed by atoms with Crippen LogP contribution in [-0.4, -0.2) is 31.9 Å². The molecule has 5 heteroatoms. The fraction of sp³-hybridized carbons (Fsp3) is 0.538. The van der Waals surface area contributed by atoms with Gasteiger partial charge in [0.1, 0.15) is 0 Å². The van der Waals surface area contributed by atoms with Crippen molar-refractivity contribution in [3.05, 3.63) is 29.8 Å². The molecule has 2 rings (SSSR count). The average molecular weight is 268 g/mol. The van der Waals surface area contributed by atoms with Gasteiger partial charge in [-0.2, -0.15) is 4.31 Å². The van der Waals surface area contributed by atoms with Gasteiger partial charge in [0.15, 0.2) is 0 Å². The predicted octanol–water partition coefficient (Wildman–Crippen LogP) is 1.36. The summed E-state index contributed by atoms with van der Waals surface area (Å²) in [6, 6.07) is 7.28. The smallest absolute Gasteiger partial charge is 0.243 e. The molecule has 1 aromatic carbocycles. The molecule has 1 saturated carbocycles. The van der Waals surface area contributed by atoms with Crippen molar-refractivity contribution in [2.45, 2.75) is 37.1 Å². The minimum atomic E-state index is -3.32. The largest absolute Gasteiger partial charge is 0.330 e. The first-order chi connectivity index (χ1) is 8.59. The van der Waals surface area contributed by atoms with Gasteiger partial charge in [-0.3, -0.25) is 0 Å². The number of sulfonamides is 1. The Labute approximate surface area is 109 Å². The van der Waals surface area contributed by atoms with Gasteiger partial charge in [0, 0.05) is 12.6 Å². The van der Waals surface area contributed by atoms with E-state index >= 15 is 0 Å². The summed E-state index contributed by atoms with van der Waals surface area (Å²) in [7, 11) is -3.32. The second-order valence-corrected chi connectivity index (χ2v) is 6.51. The van der Waals surface area contributed by atoms with Crippen molar-refractivity contribution >= 4 is 10.0 Å². The van der Waals surface area contributed by atoms with Crippen LogP contribution in [0, 0.1) is 0 Å². The summed E-state index contributed by atoms with van der Waals surface area (Å²) in [5.41, 5.74) is 6.55. The molecular formula is C13H20N2O2S. The summed E-state index contributed by atoms with van der Waals surface area (Å²) in [5.74, 6) is 0. The maximum Gasteiger partial charge on any atom is 0.243 e. The molecule has 4 nitrogen and oxygen atoms in total. The summed E-state index contributed by atoms with van der Waals surface area (Å²) in [6.07, 6.45) is 2.75. The number of benzene rings is 1. The number of rotatable bonds is 6. The minimum absolute atomic E-state index is 0.212. The zero-order valence-corrected chi connectivity index (χ0v) is 11.5. The van der Waals surface area contributed by atoms with Crippen molar-refractivity contribution in [3.8, 4) is 0 Å². The topological polar surface area (TPSA) is 63.4 Å². The van der Waals surface area contributed by atoms with Crippen LogP contribution in [0.4, 0.5) is 0 Å². The van der Waals surface area contributed by atoms with Crippen LogP contribution >= 0.6 is 0 Å². The van der Waals surface area contributed by atoms with Crippen LogP contribution in [0.2, 0.25) is 0 Å². The molecule has 0 unspecified atom stereocenters. The highest BCUT2D eigenvalue weighted by atomic mass is 32.2. The quantitative estimate of drug-likeness (QED) is 0.847. The summed E-state index contributed by atoms with van der Waals surface area (Å²) < 4.78 is 26.4. The third-order valence-electron chi connectivity index (χ3n) is 3.23. The fourth-order valence-electron chi connectivity index (χ4n) is 2.12. The van der Waals surface area contributed by atoms with Gasteiger partial charge in [-0.1, -0.05) is 19.1 Å². The summed E-state index contributed by atoms with van der Waals surface area (Å²) in [6.45, 7) is 3.01. The normalized spacial score (nSPS) is 16.2. The van der Waals surface area contributed by atoms with E-state index in [0.29, 0.717) is 18.0 Å². The number of nitrogens with two attached hydrogens (primary N) is 1. The average Bonchev–Trinajstić information content (AvgIpc) is 3.15. The van der Waals surface area contributed by atoms with Crippen molar-refractivity contribution in [2.75, 3.05) is 13.1 Å². The lowest BCUT2D eigenvalue weighted by Gasteiger charge is -2.20. The second kappa shape index (κ2) is 5.38. The SMILES string of the molecule is CCN(C1CC1)S(=O)(=O)c1ccc(CCN)cc1. The van der Waals surface area contributed by atoms with Crippen LogP contribution in [-0.2, 0) is 16.4 Å². The molecule has 1 fully saturated rings. The van der Waals surface area contributed by atoms with Crippen LogP contribution in [0.5, 0.6) is 0 Å². The minimum Gasteiger partial charge on any atom is -0.330 e. The molecule has 0 aliphatic heterocycles. The molecule has 0 aromatic heterocycles. The van der Waals surface area contributed by atoms with E-state index in [0.717, 1.165) is 24.8 Å². The van der Waals surface area contributed by atoms with Gasteiger partial charge < -0.3 is 5.73 Å². The maximum absolute atomic E-state index is 12.4. The Morgan fingerprint density at radius 2 is 1.89 bits per heavy atom. The molecular weight excluding hydrogens is 248 g/mol. The fourth-order valence-corrected chi connectivity index (χ4v) is 3.81. The van der Waals surface area contributed by atoms with Gasteiger partial charge in [-0.15, -0.1) is 0 Å². The highest BCUT2D eigenvalue weighted by molar-refractivity contribution is 7.89. The molecule has 0 spiro atoms. The van der Waals surface area contributed by atoms with Gasteiger partial charge >= 0.3 is 0 Å². The Morgan fingerprint density at radius 1 is 1.28 bits per heavy atom. The van der Waals surface area contributed by atoms with Crippen molar-refractivity contribution < 1.29 is 8.42 Å². The Hall–Kier alpha value is -0.910.